The summed E-state index contributed by atoms with van der Waals surface area (Å²) in [5, 5.41) is 5.96. The number of halogens is 2. The highest BCUT2D eigenvalue weighted by molar-refractivity contribution is 7.11. The summed E-state index contributed by atoms with van der Waals surface area (Å²) >= 11 is 14.6. The topological polar surface area (TPSA) is 24.9 Å². The largest absolute Gasteiger partial charge is 0.304 e. The molecular weight excluding hydrogens is 323 g/mol. The fourth-order valence-corrected chi connectivity index (χ4v) is 4.65. The van der Waals surface area contributed by atoms with E-state index in [9.17, 15) is 0 Å². The molecule has 2 nitrogen and oxygen atoms in total. The standard InChI is InChI=1S/C16H18Cl2N2S/c1-2-19-15(14-10(17)6-5-7-11(14)18)16-20-12-8-3-4-9-13(12)21-16/h5-7,15,19H,2-4,8-9H2,1H3. The lowest BCUT2D eigenvalue weighted by Crippen LogP contribution is -2.22. The van der Waals surface area contributed by atoms with Crippen molar-refractivity contribution in [2.24, 2.45) is 0 Å². The van der Waals surface area contributed by atoms with Crippen molar-refractivity contribution in [3.63, 3.8) is 0 Å². The Morgan fingerprint density at radius 3 is 2.62 bits per heavy atom. The lowest BCUT2D eigenvalue weighted by atomic mass is 10.0. The Bertz CT molecular complexity index is 595. The maximum Gasteiger partial charge on any atom is 0.115 e. The van der Waals surface area contributed by atoms with Gasteiger partial charge in [0, 0.05) is 20.5 Å². The van der Waals surface area contributed by atoms with Crippen LogP contribution in [0.5, 0.6) is 0 Å². The third-order valence-corrected chi connectivity index (χ3v) is 5.69. The van der Waals surface area contributed by atoms with Gasteiger partial charge in [0.15, 0.2) is 0 Å². The number of aryl methyl sites for hydroxylation is 2. The average molecular weight is 341 g/mol. The third kappa shape index (κ3) is 3.11. The van der Waals surface area contributed by atoms with E-state index in [2.05, 4.69) is 12.2 Å². The van der Waals surface area contributed by atoms with Gasteiger partial charge in [0.25, 0.3) is 0 Å². The summed E-state index contributed by atoms with van der Waals surface area (Å²) in [6, 6.07) is 5.64. The summed E-state index contributed by atoms with van der Waals surface area (Å²) < 4.78 is 0. The maximum absolute atomic E-state index is 6.39. The number of benzene rings is 1. The minimum atomic E-state index is -0.0215. The van der Waals surface area contributed by atoms with Gasteiger partial charge in [-0.05, 0) is 44.4 Å². The van der Waals surface area contributed by atoms with Crippen LogP contribution in [-0.4, -0.2) is 11.5 Å². The van der Waals surface area contributed by atoms with E-state index in [4.69, 9.17) is 28.2 Å². The summed E-state index contributed by atoms with van der Waals surface area (Å²) in [6.45, 7) is 2.93. The van der Waals surface area contributed by atoms with Crippen LogP contribution in [-0.2, 0) is 12.8 Å². The van der Waals surface area contributed by atoms with Crippen LogP contribution in [0.15, 0.2) is 18.2 Å². The Balaban J connectivity index is 2.03. The van der Waals surface area contributed by atoms with E-state index in [1.807, 2.05) is 18.2 Å². The number of fused-ring (bicyclic) bond motifs is 1. The first kappa shape index (κ1) is 15.3. The van der Waals surface area contributed by atoms with Crippen molar-refractivity contribution in [1.82, 2.24) is 10.3 Å². The molecule has 0 saturated carbocycles. The van der Waals surface area contributed by atoms with E-state index in [0.717, 1.165) is 30.0 Å². The van der Waals surface area contributed by atoms with Crippen LogP contribution in [0.2, 0.25) is 10.0 Å². The van der Waals surface area contributed by atoms with Crippen LogP contribution < -0.4 is 5.32 Å². The van der Waals surface area contributed by atoms with Gasteiger partial charge in [-0.3, -0.25) is 0 Å². The molecular formula is C16H18Cl2N2S. The molecule has 0 saturated heterocycles. The van der Waals surface area contributed by atoms with E-state index >= 15 is 0 Å². The molecule has 1 atom stereocenters. The molecule has 1 aliphatic carbocycles. The van der Waals surface area contributed by atoms with Crippen LogP contribution in [0.3, 0.4) is 0 Å². The molecule has 0 spiro atoms. The summed E-state index contributed by atoms with van der Waals surface area (Å²) in [4.78, 5) is 6.30. The lowest BCUT2D eigenvalue weighted by molar-refractivity contribution is 0.621. The third-order valence-electron chi connectivity index (χ3n) is 3.81. The van der Waals surface area contributed by atoms with Crippen molar-refractivity contribution in [3.05, 3.63) is 49.4 Å². The van der Waals surface area contributed by atoms with Gasteiger partial charge >= 0.3 is 0 Å². The van der Waals surface area contributed by atoms with Gasteiger partial charge in [-0.25, -0.2) is 4.98 Å². The van der Waals surface area contributed by atoms with Gasteiger partial charge in [-0.15, -0.1) is 11.3 Å². The van der Waals surface area contributed by atoms with Gasteiger partial charge in [0.05, 0.1) is 11.7 Å². The second-order valence-electron chi connectivity index (χ2n) is 5.26. The van der Waals surface area contributed by atoms with E-state index in [-0.39, 0.29) is 6.04 Å². The molecule has 0 bridgehead atoms. The Kier molecular flexibility index (Phi) is 4.85. The fraction of sp³-hybridized carbons (Fsp3) is 0.438. The van der Waals surface area contributed by atoms with Crippen LogP contribution in [0.25, 0.3) is 0 Å². The number of rotatable bonds is 4. The molecule has 1 unspecified atom stereocenters. The molecule has 21 heavy (non-hydrogen) atoms. The lowest BCUT2D eigenvalue weighted by Gasteiger charge is -2.18. The smallest absolute Gasteiger partial charge is 0.115 e. The van der Waals surface area contributed by atoms with Gasteiger partial charge in [0.2, 0.25) is 0 Å². The predicted octanol–water partition coefficient (Wildman–Crippen LogP) is 5.03. The summed E-state index contributed by atoms with van der Waals surface area (Å²) in [5.41, 5.74) is 2.21. The molecule has 5 heteroatoms. The van der Waals surface area contributed by atoms with Crippen LogP contribution >= 0.6 is 34.5 Å². The predicted molar refractivity (Wildman–Crippen MR) is 90.7 cm³/mol. The minimum absolute atomic E-state index is 0.0215. The molecule has 1 heterocycles. The zero-order chi connectivity index (χ0) is 14.8. The molecule has 0 aliphatic heterocycles. The molecule has 1 aromatic heterocycles. The number of hydrogen-bond donors (Lipinski definition) is 1. The Hall–Kier alpha value is -0.610. The van der Waals surface area contributed by atoms with Crippen molar-refractivity contribution in [2.75, 3.05) is 6.54 Å². The van der Waals surface area contributed by atoms with E-state index in [1.54, 1.807) is 11.3 Å². The first-order chi connectivity index (χ1) is 10.2. The average Bonchev–Trinajstić information content (AvgIpc) is 2.89. The minimum Gasteiger partial charge on any atom is -0.304 e. The highest BCUT2D eigenvalue weighted by Gasteiger charge is 2.25. The molecule has 1 aromatic carbocycles. The number of thiazole rings is 1. The second-order valence-corrected chi connectivity index (χ2v) is 7.18. The quantitative estimate of drug-likeness (QED) is 0.844. The van der Waals surface area contributed by atoms with Crippen LogP contribution in [0.1, 0.15) is 46.9 Å². The molecule has 1 N–H and O–H groups in total. The number of nitrogens with one attached hydrogen (secondary N) is 1. The SMILES string of the molecule is CCNC(c1nc2c(s1)CCCC2)c1c(Cl)cccc1Cl. The van der Waals surface area contributed by atoms with Gasteiger partial charge < -0.3 is 5.32 Å². The van der Waals surface area contributed by atoms with Crippen molar-refractivity contribution in [3.8, 4) is 0 Å². The number of aromatic nitrogens is 1. The van der Waals surface area contributed by atoms with Gasteiger partial charge in [0.1, 0.15) is 5.01 Å². The maximum atomic E-state index is 6.39. The first-order valence-electron chi connectivity index (χ1n) is 7.36. The van der Waals surface area contributed by atoms with Crippen molar-refractivity contribution in [1.29, 1.82) is 0 Å². The monoisotopic (exact) mass is 340 g/mol. The van der Waals surface area contributed by atoms with Gasteiger partial charge in [-0.1, -0.05) is 36.2 Å². The zero-order valence-electron chi connectivity index (χ0n) is 12.0. The highest BCUT2D eigenvalue weighted by Crippen LogP contribution is 2.37. The van der Waals surface area contributed by atoms with E-state index < -0.39 is 0 Å². The fourth-order valence-electron chi connectivity index (χ4n) is 2.80. The van der Waals surface area contributed by atoms with Crippen molar-refractivity contribution >= 4 is 34.5 Å². The van der Waals surface area contributed by atoms with Crippen LogP contribution in [0.4, 0.5) is 0 Å². The molecule has 112 valence electrons. The summed E-state index contributed by atoms with van der Waals surface area (Å²) in [5.74, 6) is 0. The molecule has 0 amide bonds. The van der Waals surface area contributed by atoms with Gasteiger partial charge in [-0.2, -0.15) is 0 Å². The first-order valence-corrected chi connectivity index (χ1v) is 8.93. The molecule has 2 aromatic rings. The number of nitrogens with zero attached hydrogens (tertiary/aromatic N) is 1. The Morgan fingerprint density at radius 1 is 1.24 bits per heavy atom. The van der Waals surface area contributed by atoms with E-state index in [1.165, 1.54) is 23.4 Å². The summed E-state index contributed by atoms with van der Waals surface area (Å²) in [7, 11) is 0. The molecule has 0 radical (unpaired) electrons. The summed E-state index contributed by atoms with van der Waals surface area (Å²) in [6.07, 6.45) is 4.77. The van der Waals surface area contributed by atoms with Crippen LogP contribution in [0, 0.1) is 0 Å². The molecule has 0 fully saturated rings. The van der Waals surface area contributed by atoms with Crippen molar-refractivity contribution < 1.29 is 0 Å². The molecule has 1 aliphatic rings. The number of hydrogen-bond acceptors (Lipinski definition) is 3. The Labute approximate surface area is 139 Å². The Morgan fingerprint density at radius 2 is 1.95 bits per heavy atom. The second kappa shape index (κ2) is 6.66. The highest BCUT2D eigenvalue weighted by atomic mass is 35.5. The molecule has 3 rings (SSSR count). The van der Waals surface area contributed by atoms with E-state index in [0.29, 0.717) is 10.0 Å². The van der Waals surface area contributed by atoms with Crippen molar-refractivity contribution in [2.45, 2.75) is 38.6 Å². The normalized spacial score (nSPS) is 15.8. The zero-order valence-corrected chi connectivity index (χ0v) is 14.3.